The molecule has 0 saturated heterocycles. The first kappa shape index (κ1) is 11.9. The number of benzene rings is 1. The average molecular weight is 252 g/mol. The van der Waals surface area contributed by atoms with Gasteiger partial charge in [0.15, 0.2) is 0 Å². The van der Waals surface area contributed by atoms with Crippen LogP contribution in [0.4, 0.5) is 0 Å². The fourth-order valence-electron chi connectivity index (χ4n) is 2.48. The van der Waals surface area contributed by atoms with Crippen molar-refractivity contribution in [2.45, 2.75) is 12.5 Å². The molecule has 0 unspecified atom stereocenters. The van der Waals surface area contributed by atoms with E-state index in [2.05, 4.69) is 27.8 Å². The van der Waals surface area contributed by atoms with E-state index >= 15 is 0 Å². The van der Waals surface area contributed by atoms with Gasteiger partial charge in [0.2, 0.25) is 0 Å². The topological polar surface area (TPSA) is 38.0 Å². The highest BCUT2D eigenvalue weighted by atomic mass is 16.3. The Balaban J connectivity index is 1.93. The average Bonchev–Trinajstić information content (AvgIpc) is 2.78. The highest BCUT2D eigenvalue weighted by Crippen LogP contribution is 2.25. The molecule has 0 aliphatic carbocycles. The quantitative estimate of drug-likeness (QED) is 0.778. The molecule has 0 saturated carbocycles. The number of hydrogen-bond donors (Lipinski definition) is 1. The highest BCUT2D eigenvalue weighted by Gasteiger charge is 2.14. The van der Waals surface area contributed by atoms with Crippen molar-refractivity contribution in [3.8, 4) is 0 Å². The van der Waals surface area contributed by atoms with Gasteiger partial charge in [0.25, 0.3) is 0 Å². The lowest BCUT2D eigenvalue weighted by Gasteiger charge is -2.12. The van der Waals surface area contributed by atoms with Gasteiger partial charge >= 0.3 is 0 Å². The van der Waals surface area contributed by atoms with E-state index < -0.39 is 6.10 Å². The van der Waals surface area contributed by atoms with E-state index in [0.717, 1.165) is 22.2 Å². The maximum absolute atomic E-state index is 10.4. The summed E-state index contributed by atoms with van der Waals surface area (Å²) in [6.07, 6.45) is 3.61. The molecular weight excluding hydrogens is 236 g/mol. The first-order valence-electron chi connectivity index (χ1n) is 6.37. The molecule has 2 aromatic heterocycles. The lowest BCUT2D eigenvalue weighted by molar-refractivity contribution is 0.170. The van der Waals surface area contributed by atoms with Crippen LogP contribution in [0.2, 0.25) is 0 Å². The van der Waals surface area contributed by atoms with Gasteiger partial charge in [-0.2, -0.15) is 0 Å². The van der Waals surface area contributed by atoms with Gasteiger partial charge in [-0.1, -0.05) is 24.3 Å². The minimum Gasteiger partial charge on any atom is -0.387 e. The molecule has 0 fully saturated rings. The predicted octanol–water partition coefficient (Wildman–Crippen LogP) is 2.85. The summed E-state index contributed by atoms with van der Waals surface area (Å²) in [5, 5.41) is 11.6. The number of pyridine rings is 1. The first-order chi connectivity index (χ1) is 9.25. The van der Waals surface area contributed by atoms with Crippen molar-refractivity contribution in [1.29, 1.82) is 0 Å². The molecule has 3 rings (SSSR count). The Hall–Kier alpha value is -2.13. The zero-order valence-electron chi connectivity index (χ0n) is 10.8. The minimum absolute atomic E-state index is 0.512. The van der Waals surface area contributed by atoms with E-state index in [4.69, 9.17) is 0 Å². The van der Waals surface area contributed by atoms with Gasteiger partial charge in [-0.05, 0) is 29.1 Å². The van der Waals surface area contributed by atoms with Crippen LogP contribution in [0.5, 0.6) is 0 Å². The SMILES string of the molecule is Cn1c([C@H](O)Cc2cccnc2)cc2ccccc21. The molecule has 0 aliphatic rings. The normalized spacial score (nSPS) is 12.7. The molecule has 3 nitrogen and oxygen atoms in total. The summed E-state index contributed by atoms with van der Waals surface area (Å²) in [7, 11) is 1.99. The van der Waals surface area contributed by atoms with E-state index in [0.29, 0.717) is 6.42 Å². The van der Waals surface area contributed by atoms with Crippen molar-refractivity contribution < 1.29 is 5.11 Å². The molecule has 2 heterocycles. The van der Waals surface area contributed by atoms with Gasteiger partial charge in [-0.3, -0.25) is 4.98 Å². The molecule has 1 N–H and O–H groups in total. The second-order valence-electron chi connectivity index (χ2n) is 4.77. The van der Waals surface area contributed by atoms with E-state index in [9.17, 15) is 5.11 Å². The number of aliphatic hydroxyl groups is 1. The Bertz CT molecular complexity index is 688. The molecule has 0 radical (unpaired) electrons. The fraction of sp³-hybridized carbons (Fsp3) is 0.188. The number of hydrogen-bond acceptors (Lipinski definition) is 2. The number of aliphatic hydroxyl groups excluding tert-OH is 1. The van der Waals surface area contributed by atoms with Crippen molar-refractivity contribution >= 4 is 10.9 Å². The van der Waals surface area contributed by atoms with Crippen LogP contribution in [0.25, 0.3) is 10.9 Å². The van der Waals surface area contributed by atoms with Crippen molar-refractivity contribution in [2.75, 3.05) is 0 Å². The van der Waals surface area contributed by atoms with E-state index in [-0.39, 0.29) is 0 Å². The van der Waals surface area contributed by atoms with Crippen LogP contribution in [0.1, 0.15) is 17.4 Å². The third-order valence-electron chi connectivity index (χ3n) is 3.48. The van der Waals surface area contributed by atoms with E-state index in [1.807, 2.05) is 31.3 Å². The number of fused-ring (bicyclic) bond motifs is 1. The molecule has 96 valence electrons. The van der Waals surface area contributed by atoms with Gasteiger partial charge in [0, 0.05) is 37.1 Å². The summed E-state index contributed by atoms with van der Waals surface area (Å²) in [4.78, 5) is 4.08. The summed E-state index contributed by atoms with van der Waals surface area (Å²) in [5.74, 6) is 0. The van der Waals surface area contributed by atoms with E-state index in [1.54, 1.807) is 12.4 Å². The number of nitrogens with zero attached hydrogens (tertiary/aromatic N) is 2. The zero-order valence-corrected chi connectivity index (χ0v) is 10.8. The lowest BCUT2D eigenvalue weighted by Crippen LogP contribution is -2.07. The van der Waals surface area contributed by atoms with Crippen LogP contribution in [0, 0.1) is 0 Å². The number of aromatic nitrogens is 2. The van der Waals surface area contributed by atoms with E-state index in [1.165, 1.54) is 0 Å². The summed E-state index contributed by atoms with van der Waals surface area (Å²) in [5.41, 5.74) is 3.12. The van der Waals surface area contributed by atoms with Crippen LogP contribution < -0.4 is 0 Å². The van der Waals surface area contributed by atoms with Crippen LogP contribution in [-0.4, -0.2) is 14.7 Å². The van der Waals surface area contributed by atoms with Crippen LogP contribution in [0.3, 0.4) is 0 Å². The minimum atomic E-state index is -0.512. The second kappa shape index (κ2) is 4.86. The molecule has 1 aromatic carbocycles. The standard InChI is InChI=1S/C16H16N2O/c1-18-14-7-3-2-6-13(14)10-15(18)16(19)9-12-5-4-8-17-11-12/h2-8,10-11,16,19H,9H2,1H3/t16-/m1/s1. The van der Waals surface area contributed by atoms with Crippen LogP contribution in [-0.2, 0) is 13.5 Å². The first-order valence-corrected chi connectivity index (χ1v) is 6.37. The summed E-state index contributed by atoms with van der Waals surface area (Å²) >= 11 is 0. The number of para-hydroxylation sites is 1. The van der Waals surface area contributed by atoms with Crippen LogP contribution >= 0.6 is 0 Å². The molecule has 19 heavy (non-hydrogen) atoms. The van der Waals surface area contributed by atoms with Crippen LogP contribution in [0.15, 0.2) is 54.9 Å². The maximum atomic E-state index is 10.4. The Kier molecular flexibility index (Phi) is 3.05. The highest BCUT2D eigenvalue weighted by molar-refractivity contribution is 5.81. The molecule has 3 aromatic rings. The van der Waals surface area contributed by atoms with Crippen molar-refractivity contribution in [3.05, 3.63) is 66.1 Å². The summed E-state index contributed by atoms with van der Waals surface area (Å²) in [6, 6.07) is 14.1. The van der Waals surface area contributed by atoms with Gasteiger partial charge in [-0.25, -0.2) is 0 Å². The summed E-state index contributed by atoms with van der Waals surface area (Å²) in [6.45, 7) is 0. The Morgan fingerprint density at radius 3 is 2.79 bits per heavy atom. The number of rotatable bonds is 3. The lowest BCUT2D eigenvalue weighted by atomic mass is 10.1. The maximum Gasteiger partial charge on any atom is 0.0980 e. The summed E-state index contributed by atoms with van der Waals surface area (Å²) < 4.78 is 2.05. The predicted molar refractivity (Wildman–Crippen MR) is 75.8 cm³/mol. The second-order valence-corrected chi connectivity index (χ2v) is 4.77. The zero-order chi connectivity index (χ0) is 13.2. The Morgan fingerprint density at radius 1 is 1.21 bits per heavy atom. The molecule has 1 atom stereocenters. The molecule has 0 aliphatic heterocycles. The molecule has 3 heteroatoms. The van der Waals surface area contributed by atoms with Crippen molar-refractivity contribution in [2.24, 2.45) is 7.05 Å². The molecule has 0 spiro atoms. The number of aryl methyl sites for hydroxylation is 1. The van der Waals surface area contributed by atoms with Crippen molar-refractivity contribution in [3.63, 3.8) is 0 Å². The van der Waals surface area contributed by atoms with Gasteiger partial charge in [0.05, 0.1) is 6.10 Å². The molecule has 0 amide bonds. The van der Waals surface area contributed by atoms with Crippen molar-refractivity contribution in [1.82, 2.24) is 9.55 Å². The van der Waals surface area contributed by atoms with Gasteiger partial charge < -0.3 is 9.67 Å². The monoisotopic (exact) mass is 252 g/mol. The largest absolute Gasteiger partial charge is 0.387 e. The molecule has 0 bridgehead atoms. The Morgan fingerprint density at radius 2 is 2.05 bits per heavy atom. The smallest absolute Gasteiger partial charge is 0.0980 e. The van der Waals surface area contributed by atoms with Gasteiger partial charge in [-0.15, -0.1) is 0 Å². The Labute approximate surface area is 112 Å². The van der Waals surface area contributed by atoms with Gasteiger partial charge in [0.1, 0.15) is 0 Å². The molecular formula is C16H16N2O. The fourth-order valence-corrected chi connectivity index (χ4v) is 2.48. The third kappa shape index (κ3) is 2.25. The third-order valence-corrected chi connectivity index (χ3v) is 3.48.